The first kappa shape index (κ1) is 17.5. The largest absolute Gasteiger partial charge is 0.381 e. The summed E-state index contributed by atoms with van der Waals surface area (Å²) in [5.74, 6) is 0.576. The molecule has 5 heteroatoms. The molecule has 2 aromatic rings. The number of ketones is 1. The smallest absolute Gasteiger partial charge is 0.166 e. The minimum absolute atomic E-state index is 0.0864. The highest BCUT2D eigenvalue weighted by Gasteiger charge is 2.20. The number of carbonyl (C=O) groups excluding carboxylic acids is 1. The molecule has 3 nitrogen and oxygen atoms in total. The Bertz CT molecular complexity index is 727. The number of nitrogens with one attached hydrogen (secondary N) is 1. The van der Waals surface area contributed by atoms with Crippen molar-refractivity contribution in [2.75, 3.05) is 11.2 Å². The van der Waals surface area contributed by atoms with Crippen molar-refractivity contribution in [1.82, 2.24) is 4.98 Å². The maximum atomic E-state index is 12.6. The molecule has 1 N–H and O–H groups in total. The van der Waals surface area contributed by atoms with Crippen LogP contribution >= 0.6 is 23.2 Å². The lowest BCUT2D eigenvalue weighted by atomic mass is 9.94. The van der Waals surface area contributed by atoms with Crippen LogP contribution in [0.5, 0.6) is 0 Å². The van der Waals surface area contributed by atoms with Crippen LogP contribution < -0.4 is 5.32 Å². The van der Waals surface area contributed by atoms with Crippen LogP contribution in [0.3, 0.4) is 0 Å². The van der Waals surface area contributed by atoms with Gasteiger partial charge in [0.05, 0.1) is 16.8 Å². The van der Waals surface area contributed by atoms with Gasteiger partial charge < -0.3 is 5.32 Å². The van der Waals surface area contributed by atoms with Gasteiger partial charge in [-0.05, 0) is 37.5 Å². The molecule has 1 heterocycles. The van der Waals surface area contributed by atoms with E-state index in [0.717, 1.165) is 29.4 Å². The van der Waals surface area contributed by atoms with Gasteiger partial charge in [-0.3, -0.25) is 9.78 Å². The van der Waals surface area contributed by atoms with E-state index in [1.807, 2.05) is 18.2 Å². The maximum Gasteiger partial charge on any atom is 0.166 e. The fraction of sp³-hybridized carbons (Fsp3) is 0.474. The summed E-state index contributed by atoms with van der Waals surface area (Å²) in [6, 6.07) is 6.03. The first-order valence-corrected chi connectivity index (χ1v) is 9.54. The summed E-state index contributed by atoms with van der Waals surface area (Å²) in [4.78, 5) is 17.1. The van der Waals surface area contributed by atoms with E-state index < -0.39 is 0 Å². The van der Waals surface area contributed by atoms with Crippen LogP contribution in [-0.4, -0.2) is 22.7 Å². The molecule has 1 aromatic carbocycles. The molecule has 0 unspecified atom stereocenters. The summed E-state index contributed by atoms with van der Waals surface area (Å²) in [5.41, 5.74) is 2.39. The number of halogens is 2. The highest BCUT2D eigenvalue weighted by atomic mass is 35.5. The highest BCUT2D eigenvalue weighted by molar-refractivity contribution is 6.31. The Labute approximate surface area is 152 Å². The molecule has 24 heavy (non-hydrogen) atoms. The van der Waals surface area contributed by atoms with Gasteiger partial charge >= 0.3 is 0 Å². The molecule has 1 aliphatic carbocycles. The Balaban J connectivity index is 2.01. The fourth-order valence-corrected chi connectivity index (χ4v) is 3.65. The molecule has 0 spiro atoms. The minimum Gasteiger partial charge on any atom is -0.381 e. The van der Waals surface area contributed by atoms with E-state index in [-0.39, 0.29) is 5.78 Å². The number of alkyl halides is 1. The van der Waals surface area contributed by atoms with E-state index in [1.165, 1.54) is 19.3 Å². The van der Waals surface area contributed by atoms with Crippen LogP contribution in [0.15, 0.2) is 24.4 Å². The fourth-order valence-electron chi connectivity index (χ4n) is 3.34. The van der Waals surface area contributed by atoms with Crippen molar-refractivity contribution in [1.29, 1.82) is 0 Å². The topological polar surface area (TPSA) is 42.0 Å². The molecule has 1 saturated carbocycles. The third-order valence-electron chi connectivity index (χ3n) is 4.62. The van der Waals surface area contributed by atoms with Crippen molar-refractivity contribution < 1.29 is 4.79 Å². The number of nitrogens with zero attached hydrogens (tertiary/aromatic N) is 1. The molecule has 0 aliphatic heterocycles. The zero-order valence-electron chi connectivity index (χ0n) is 13.7. The van der Waals surface area contributed by atoms with E-state index >= 15 is 0 Å². The summed E-state index contributed by atoms with van der Waals surface area (Å²) < 4.78 is 0. The minimum atomic E-state index is 0.0864. The molecule has 0 radical (unpaired) electrons. The molecule has 3 rings (SSSR count). The van der Waals surface area contributed by atoms with Crippen LogP contribution in [0.2, 0.25) is 5.02 Å². The molecule has 0 bridgehead atoms. The molecule has 0 saturated heterocycles. The van der Waals surface area contributed by atoms with Crippen LogP contribution in [0.25, 0.3) is 10.9 Å². The molecule has 1 aliphatic rings. The molecule has 128 valence electrons. The molecule has 1 fully saturated rings. The average Bonchev–Trinajstić information content (AvgIpc) is 2.61. The van der Waals surface area contributed by atoms with Gasteiger partial charge in [0.15, 0.2) is 5.78 Å². The zero-order chi connectivity index (χ0) is 16.9. The summed E-state index contributed by atoms with van der Waals surface area (Å²) >= 11 is 11.9. The summed E-state index contributed by atoms with van der Waals surface area (Å²) in [7, 11) is 0. The molecule has 0 amide bonds. The van der Waals surface area contributed by atoms with Crippen molar-refractivity contribution in [3.8, 4) is 0 Å². The van der Waals surface area contributed by atoms with Gasteiger partial charge in [0, 0.05) is 34.9 Å². The van der Waals surface area contributed by atoms with E-state index in [1.54, 1.807) is 6.20 Å². The van der Waals surface area contributed by atoms with Gasteiger partial charge in [-0.2, -0.15) is 0 Å². The predicted octanol–water partition coefficient (Wildman–Crippen LogP) is 5.83. The molecular formula is C19H22Cl2N2O. The second kappa shape index (κ2) is 8.17. The zero-order valence-corrected chi connectivity index (χ0v) is 15.2. The predicted molar refractivity (Wildman–Crippen MR) is 102 cm³/mol. The van der Waals surface area contributed by atoms with Gasteiger partial charge in [-0.1, -0.05) is 30.9 Å². The lowest BCUT2D eigenvalue weighted by Gasteiger charge is -2.26. The number of Topliss-reactive ketones (excluding diaryl/α,β-unsaturated/α-hetero) is 1. The number of rotatable bonds is 6. The third-order valence-corrected chi connectivity index (χ3v) is 5.12. The number of fused-ring (bicyclic) bond motifs is 1. The lowest BCUT2D eigenvalue weighted by molar-refractivity contribution is 0.0982. The van der Waals surface area contributed by atoms with Gasteiger partial charge in [0.1, 0.15) is 0 Å². The van der Waals surface area contributed by atoms with Crippen molar-refractivity contribution in [3.05, 3.63) is 35.0 Å². The quantitative estimate of drug-likeness (QED) is 0.517. The number of hydrogen-bond donors (Lipinski definition) is 1. The number of aromatic nitrogens is 1. The molecule has 0 atom stereocenters. The van der Waals surface area contributed by atoms with Gasteiger partial charge in [0.25, 0.3) is 0 Å². The average molecular weight is 365 g/mol. The van der Waals surface area contributed by atoms with Gasteiger partial charge in [-0.15, -0.1) is 11.6 Å². The van der Waals surface area contributed by atoms with Crippen LogP contribution in [0, 0.1) is 0 Å². The Kier molecular flexibility index (Phi) is 5.96. The normalized spacial score (nSPS) is 15.6. The number of pyridine rings is 1. The Morgan fingerprint density at radius 2 is 2.04 bits per heavy atom. The second-order valence-electron chi connectivity index (χ2n) is 6.40. The number of hydrogen-bond acceptors (Lipinski definition) is 3. The number of benzene rings is 1. The Morgan fingerprint density at radius 3 is 2.79 bits per heavy atom. The second-order valence-corrected chi connectivity index (χ2v) is 7.22. The third kappa shape index (κ3) is 4.01. The highest BCUT2D eigenvalue weighted by Crippen LogP contribution is 2.32. The van der Waals surface area contributed by atoms with Gasteiger partial charge in [-0.25, -0.2) is 0 Å². The summed E-state index contributed by atoms with van der Waals surface area (Å²) in [6.45, 7) is 0. The number of carbonyl (C=O) groups is 1. The van der Waals surface area contributed by atoms with Crippen molar-refractivity contribution >= 4 is 45.6 Å². The van der Waals surface area contributed by atoms with E-state index in [2.05, 4.69) is 10.3 Å². The number of anilines is 1. The summed E-state index contributed by atoms with van der Waals surface area (Å²) in [6.07, 6.45) is 8.85. The summed E-state index contributed by atoms with van der Waals surface area (Å²) in [5, 5.41) is 5.20. The van der Waals surface area contributed by atoms with E-state index in [0.29, 0.717) is 35.3 Å². The van der Waals surface area contributed by atoms with Crippen molar-refractivity contribution in [2.24, 2.45) is 0 Å². The van der Waals surface area contributed by atoms with Crippen LogP contribution in [0.4, 0.5) is 5.69 Å². The standard InChI is InChI=1S/C19H22Cl2N2O/c20-10-4-7-18(24)16-12-22-17-9-8-13(21)11-15(17)19(16)23-14-5-2-1-3-6-14/h8-9,11-12,14H,1-7,10H2,(H,22,23). The van der Waals surface area contributed by atoms with E-state index in [9.17, 15) is 4.79 Å². The Morgan fingerprint density at radius 1 is 1.25 bits per heavy atom. The van der Waals surface area contributed by atoms with Crippen LogP contribution in [-0.2, 0) is 0 Å². The van der Waals surface area contributed by atoms with Crippen LogP contribution in [0.1, 0.15) is 55.3 Å². The first-order chi connectivity index (χ1) is 11.7. The SMILES string of the molecule is O=C(CCCCl)c1cnc2ccc(Cl)cc2c1NC1CCCCC1. The van der Waals surface area contributed by atoms with Gasteiger partial charge in [0.2, 0.25) is 0 Å². The molecule has 1 aromatic heterocycles. The van der Waals surface area contributed by atoms with Crippen molar-refractivity contribution in [2.45, 2.75) is 51.0 Å². The Hall–Kier alpha value is -1.32. The first-order valence-electron chi connectivity index (χ1n) is 8.63. The van der Waals surface area contributed by atoms with Crippen molar-refractivity contribution in [3.63, 3.8) is 0 Å². The molecular weight excluding hydrogens is 343 g/mol. The lowest BCUT2D eigenvalue weighted by Crippen LogP contribution is -2.24. The van der Waals surface area contributed by atoms with E-state index in [4.69, 9.17) is 23.2 Å². The maximum absolute atomic E-state index is 12.6. The monoisotopic (exact) mass is 364 g/mol.